The first-order chi connectivity index (χ1) is 11.1. The largest absolute Gasteiger partial charge is 0.469 e. The predicted octanol–water partition coefficient (Wildman–Crippen LogP) is 4.60. The fourth-order valence-electron chi connectivity index (χ4n) is 2.50. The lowest BCUT2D eigenvalue weighted by molar-refractivity contribution is -0.417. The summed E-state index contributed by atoms with van der Waals surface area (Å²) in [6, 6.07) is 18.1. The van der Waals surface area contributed by atoms with Gasteiger partial charge in [-0.15, -0.1) is 0 Å². The average Bonchev–Trinajstić information content (AvgIpc) is 2.57. The third-order valence-corrected chi connectivity index (χ3v) is 4.29. The monoisotopic (exact) mass is 391 g/mol. The van der Waals surface area contributed by atoms with Crippen LogP contribution < -0.4 is 4.90 Å². The molecule has 0 bridgehead atoms. The van der Waals surface area contributed by atoms with Crippen LogP contribution in [0.4, 0.5) is 5.69 Å². The molecule has 5 heteroatoms. The van der Waals surface area contributed by atoms with E-state index >= 15 is 0 Å². The number of amidine groups is 1. The molecule has 2 aromatic carbocycles. The van der Waals surface area contributed by atoms with Crippen molar-refractivity contribution in [3.05, 3.63) is 64.6 Å². The molecule has 0 atom stereocenters. The second-order valence-corrected chi connectivity index (χ2v) is 6.22. The summed E-state index contributed by atoms with van der Waals surface area (Å²) >= 11 is 8.52. The Kier molecular flexibility index (Phi) is 6.30. The average molecular weight is 392 g/mol. The van der Waals surface area contributed by atoms with Gasteiger partial charge in [0.05, 0.1) is 18.7 Å². The number of thiocarbonyl (C=S) groups is 1. The molecule has 0 fully saturated rings. The van der Waals surface area contributed by atoms with Crippen molar-refractivity contribution in [2.75, 3.05) is 18.0 Å². The van der Waals surface area contributed by atoms with E-state index in [1.165, 1.54) is 0 Å². The number of benzene rings is 2. The highest BCUT2D eigenvalue weighted by Gasteiger charge is 2.27. The number of aliphatic hydroxyl groups excluding tert-OH is 1. The molecular formula is C18H20BrN2OS+. The zero-order valence-electron chi connectivity index (χ0n) is 13.2. The van der Waals surface area contributed by atoms with Gasteiger partial charge in [0.25, 0.3) is 5.84 Å². The second kappa shape index (κ2) is 8.22. The van der Waals surface area contributed by atoms with Gasteiger partial charge in [-0.25, -0.2) is 4.90 Å². The molecule has 0 saturated carbocycles. The molecular weight excluding hydrogens is 372 g/mol. The van der Waals surface area contributed by atoms with E-state index in [2.05, 4.69) is 27.8 Å². The van der Waals surface area contributed by atoms with Gasteiger partial charge in [-0.05, 0) is 50.2 Å². The van der Waals surface area contributed by atoms with Gasteiger partial charge in [-0.1, -0.05) is 34.1 Å². The molecule has 0 heterocycles. The highest BCUT2D eigenvalue weighted by atomic mass is 79.9. The SMILES string of the molecule is CCN(C(c1ccccc1)=[N+](CC)C(O)=S)c1ccc(Br)cc1. The van der Waals surface area contributed by atoms with E-state index < -0.39 is 0 Å². The Labute approximate surface area is 151 Å². The fraction of sp³-hybridized carbons (Fsp3) is 0.222. The zero-order chi connectivity index (χ0) is 16.8. The summed E-state index contributed by atoms with van der Waals surface area (Å²) in [6.45, 7) is 5.40. The van der Waals surface area contributed by atoms with Crippen molar-refractivity contribution in [2.45, 2.75) is 13.8 Å². The van der Waals surface area contributed by atoms with Gasteiger partial charge in [-0.3, -0.25) is 0 Å². The molecule has 0 aromatic heterocycles. The van der Waals surface area contributed by atoms with Crippen molar-refractivity contribution < 1.29 is 9.68 Å². The highest BCUT2D eigenvalue weighted by Crippen LogP contribution is 2.21. The van der Waals surface area contributed by atoms with Crippen molar-refractivity contribution in [3.8, 4) is 0 Å². The van der Waals surface area contributed by atoms with Gasteiger partial charge in [0, 0.05) is 16.7 Å². The second-order valence-electron chi connectivity index (χ2n) is 4.94. The standard InChI is InChI=1S/C18H19BrN2OS/c1-3-20(16-12-10-15(19)11-13-16)17(21(4-2)18(22)23)14-8-6-5-7-9-14/h5-13H,3-4H2,1-2H3/p+1. The summed E-state index contributed by atoms with van der Waals surface area (Å²) in [7, 11) is 0. The van der Waals surface area contributed by atoms with Crippen LogP contribution in [0.15, 0.2) is 59.1 Å². The smallest absolute Gasteiger partial charge is 0.353 e. The number of hydrogen-bond acceptors (Lipinski definition) is 1. The van der Waals surface area contributed by atoms with Crippen LogP contribution in [-0.4, -0.2) is 33.8 Å². The highest BCUT2D eigenvalue weighted by molar-refractivity contribution is 9.10. The molecule has 0 spiro atoms. The molecule has 0 aliphatic rings. The molecule has 23 heavy (non-hydrogen) atoms. The number of halogens is 1. The lowest BCUT2D eigenvalue weighted by Crippen LogP contribution is -2.41. The zero-order valence-corrected chi connectivity index (χ0v) is 15.6. The molecule has 0 unspecified atom stereocenters. The maximum absolute atomic E-state index is 9.98. The molecule has 0 aliphatic carbocycles. The molecule has 120 valence electrons. The van der Waals surface area contributed by atoms with Crippen molar-refractivity contribution in [3.63, 3.8) is 0 Å². The summed E-state index contributed by atoms with van der Waals surface area (Å²) in [5.41, 5.74) is 2.06. The van der Waals surface area contributed by atoms with Crippen molar-refractivity contribution in [1.29, 1.82) is 0 Å². The Morgan fingerprint density at radius 2 is 1.70 bits per heavy atom. The summed E-state index contributed by atoms with van der Waals surface area (Å²) < 4.78 is 2.78. The minimum atomic E-state index is -0.123. The predicted molar refractivity (Wildman–Crippen MR) is 104 cm³/mol. The van der Waals surface area contributed by atoms with Crippen LogP contribution in [0.1, 0.15) is 19.4 Å². The number of anilines is 1. The number of rotatable bonds is 4. The maximum atomic E-state index is 9.98. The Morgan fingerprint density at radius 3 is 2.17 bits per heavy atom. The summed E-state index contributed by atoms with van der Waals surface area (Å²) in [6.07, 6.45) is 0. The van der Waals surface area contributed by atoms with E-state index in [1.807, 2.05) is 61.5 Å². The van der Waals surface area contributed by atoms with Crippen LogP contribution in [-0.2, 0) is 0 Å². The molecule has 2 rings (SSSR count). The number of aliphatic hydroxyl groups is 1. The normalized spacial score (nSPS) is 11.8. The van der Waals surface area contributed by atoms with Gasteiger partial charge in [-0.2, -0.15) is 4.58 Å². The van der Waals surface area contributed by atoms with E-state index in [0.717, 1.165) is 28.1 Å². The summed E-state index contributed by atoms with van der Waals surface area (Å²) in [5.74, 6) is 0.880. The van der Waals surface area contributed by atoms with Crippen molar-refractivity contribution >= 4 is 44.8 Å². The topological polar surface area (TPSA) is 26.5 Å². The van der Waals surface area contributed by atoms with E-state index in [0.29, 0.717) is 6.54 Å². The third-order valence-electron chi connectivity index (χ3n) is 3.54. The molecule has 0 radical (unpaired) electrons. The van der Waals surface area contributed by atoms with Crippen LogP contribution in [0.2, 0.25) is 0 Å². The van der Waals surface area contributed by atoms with Gasteiger partial charge < -0.3 is 5.11 Å². The number of hydrogen-bond donors (Lipinski definition) is 1. The number of nitrogens with zero attached hydrogens (tertiary/aromatic N) is 2. The van der Waals surface area contributed by atoms with Crippen LogP contribution in [0.5, 0.6) is 0 Å². The molecule has 1 N–H and O–H groups in total. The quantitative estimate of drug-likeness (QED) is 0.357. The van der Waals surface area contributed by atoms with Crippen LogP contribution >= 0.6 is 28.1 Å². The Bertz CT molecular complexity index is 699. The molecule has 0 amide bonds. The third kappa shape index (κ3) is 4.18. The van der Waals surface area contributed by atoms with Crippen LogP contribution in [0, 0.1) is 0 Å². The lowest BCUT2D eigenvalue weighted by atomic mass is 10.1. The van der Waals surface area contributed by atoms with Crippen LogP contribution in [0.25, 0.3) is 0 Å². The van der Waals surface area contributed by atoms with E-state index in [9.17, 15) is 5.11 Å². The lowest BCUT2D eigenvalue weighted by Gasteiger charge is -2.20. The van der Waals surface area contributed by atoms with Gasteiger partial charge >= 0.3 is 5.17 Å². The fourth-order valence-corrected chi connectivity index (χ4v) is 2.98. The molecule has 2 aromatic rings. The first-order valence-corrected chi connectivity index (χ1v) is 8.74. The molecule has 3 nitrogen and oxygen atoms in total. The molecule has 0 aliphatic heterocycles. The van der Waals surface area contributed by atoms with E-state index in [4.69, 9.17) is 12.2 Å². The van der Waals surface area contributed by atoms with E-state index in [-0.39, 0.29) is 5.17 Å². The van der Waals surface area contributed by atoms with E-state index in [1.54, 1.807) is 4.58 Å². The maximum Gasteiger partial charge on any atom is 0.353 e. The summed E-state index contributed by atoms with van der Waals surface area (Å²) in [4.78, 5) is 2.15. The Morgan fingerprint density at radius 1 is 1.09 bits per heavy atom. The Balaban J connectivity index is 2.64. The van der Waals surface area contributed by atoms with Crippen molar-refractivity contribution in [2.24, 2.45) is 0 Å². The molecule has 0 saturated heterocycles. The van der Waals surface area contributed by atoms with Crippen LogP contribution in [0.3, 0.4) is 0 Å². The minimum Gasteiger partial charge on any atom is -0.469 e. The van der Waals surface area contributed by atoms with Gasteiger partial charge in [0.2, 0.25) is 0 Å². The van der Waals surface area contributed by atoms with Gasteiger partial charge in [0.15, 0.2) is 0 Å². The van der Waals surface area contributed by atoms with Gasteiger partial charge in [0.1, 0.15) is 5.69 Å². The minimum absolute atomic E-state index is 0.123. The first kappa shape index (κ1) is 17.6. The van der Waals surface area contributed by atoms with Crippen molar-refractivity contribution in [1.82, 2.24) is 0 Å². The Hall–Kier alpha value is -1.72. The summed E-state index contributed by atoms with van der Waals surface area (Å²) in [5, 5.41) is 9.86. The first-order valence-electron chi connectivity index (χ1n) is 7.54.